The lowest BCUT2D eigenvalue weighted by atomic mass is 11.5. The normalized spacial score (nSPS) is 5.88. The molecule has 2 N–H and O–H groups in total. The highest BCUT2D eigenvalue weighted by Gasteiger charge is 1.60. The van der Waals surface area contributed by atoms with Crippen LogP contribution in [0.5, 0.6) is 0 Å². The molecule has 0 fully saturated rings. The lowest BCUT2D eigenvalue weighted by Crippen LogP contribution is -1.69. The predicted molar refractivity (Wildman–Crippen MR) is 29.7 cm³/mol. The van der Waals surface area contributed by atoms with Crippen molar-refractivity contribution in [3.8, 4) is 6.19 Å². The standard InChI is InChI=1S/C2H2N2S.CH2N2/c1-3-4-2-5-1;2-1-3/h1-2H;2H2. The highest BCUT2D eigenvalue weighted by atomic mass is 32.1. The fourth-order valence-corrected chi connectivity index (χ4v) is 0.408. The van der Waals surface area contributed by atoms with Crippen LogP contribution >= 0.6 is 11.3 Å². The van der Waals surface area contributed by atoms with E-state index in [1.807, 2.05) is 0 Å². The molecule has 0 aliphatic rings. The summed E-state index contributed by atoms with van der Waals surface area (Å²) in [5.74, 6) is 0. The first kappa shape index (κ1) is 6.85. The molecule has 0 radical (unpaired) electrons. The van der Waals surface area contributed by atoms with Gasteiger partial charge < -0.3 is 5.73 Å². The summed E-state index contributed by atoms with van der Waals surface area (Å²) in [6.07, 6.45) is 1.25. The summed E-state index contributed by atoms with van der Waals surface area (Å²) in [4.78, 5) is 0. The van der Waals surface area contributed by atoms with E-state index in [4.69, 9.17) is 5.26 Å². The smallest absolute Gasteiger partial charge is 0.173 e. The van der Waals surface area contributed by atoms with Gasteiger partial charge in [-0.2, -0.15) is 5.26 Å². The molecule has 0 aliphatic heterocycles. The van der Waals surface area contributed by atoms with Crippen molar-refractivity contribution in [3.63, 3.8) is 0 Å². The number of nitriles is 1. The predicted octanol–water partition coefficient (Wildman–Crippen LogP) is -0.0357. The fourth-order valence-electron chi connectivity index (χ4n) is 0.136. The van der Waals surface area contributed by atoms with Crippen LogP contribution in [-0.4, -0.2) is 10.2 Å². The van der Waals surface area contributed by atoms with Crippen molar-refractivity contribution in [2.75, 3.05) is 0 Å². The van der Waals surface area contributed by atoms with Crippen molar-refractivity contribution in [2.45, 2.75) is 0 Å². The Morgan fingerprint density at radius 1 is 1.50 bits per heavy atom. The van der Waals surface area contributed by atoms with Crippen LogP contribution in [0.15, 0.2) is 11.0 Å². The largest absolute Gasteiger partial charge is 0.337 e. The number of hydrogen-bond donors (Lipinski definition) is 1. The molecule has 1 heterocycles. The van der Waals surface area contributed by atoms with E-state index in [9.17, 15) is 0 Å². The van der Waals surface area contributed by atoms with Crippen LogP contribution in [-0.2, 0) is 0 Å². The average Bonchev–Trinajstić information content (AvgIpc) is 2.17. The second-order valence-electron chi connectivity index (χ2n) is 0.707. The van der Waals surface area contributed by atoms with E-state index >= 15 is 0 Å². The molecule has 0 aromatic carbocycles. The monoisotopic (exact) mass is 128 g/mol. The molecular formula is C3H4N4S. The minimum Gasteiger partial charge on any atom is -0.337 e. The van der Waals surface area contributed by atoms with Gasteiger partial charge in [-0.3, -0.25) is 0 Å². The van der Waals surface area contributed by atoms with Gasteiger partial charge in [-0.1, -0.05) is 0 Å². The van der Waals surface area contributed by atoms with Gasteiger partial charge in [0.15, 0.2) is 6.19 Å². The summed E-state index contributed by atoms with van der Waals surface area (Å²) in [5.41, 5.74) is 7.51. The van der Waals surface area contributed by atoms with E-state index in [1.54, 1.807) is 11.0 Å². The number of rotatable bonds is 0. The molecule has 1 rings (SSSR count). The Morgan fingerprint density at radius 3 is 2.00 bits per heavy atom. The maximum Gasteiger partial charge on any atom is 0.173 e. The molecule has 0 bridgehead atoms. The highest BCUT2D eigenvalue weighted by molar-refractivity contribution is 7.07. The first-order chi connectivity index (χ1) is 3.91. The molecule has 42 valence electrons. The van der Waals surface area contributed by atoms with Gasteiger partial charge in [0.05, 0.1) is 0 Å². The minimum atomic E-state index is 1.25. The molecule has 0 saturated heterocycles. The van der Waals surface area contributed by atoms with Crippen molar-refractivity contribution in [3.05, 3.63) is 11.0 Å². The fraction of sp³-hybridized carbons (Fsp3) is 0. The van der Waals surface area contributed by atoms with E-state index in [0.29, 0.717) is 0 Å². The number of hydrogen-bond acceptors (Lipinski definition) is 5. The summed E-state index contributed by atoms with van der Waals surface area (Å²) in [5, 5.41) is 14.1. The molecule has 0 aliphatic carbocycles. The zero-order valence-electron chi connectivity index (χ0n) is 3.98. The third kappa shape index (κ3) is 4.85. The van der Waals surface area contributed by atoms with Gasteiger partial charge in [0.2, 0.25) is 0 Å². The Labute approximate surface area is 50.6 Å². The maximum absolute atomic E-state index is 7.10. The quantitative estimate of drug-likeness (QED) is 0.393. The van der Waals surface area contributed by atoms with E-state index in [-0.39, 0.29) is 0 Å². The summed E-state index contributed by atoms with van der Waals surface area (Å²) in [6.45, 7) is 0. The molecule has 0 spiro atoms. The van der Waals surface area contributed by atoms with Gasteiger partial charge in [0.25, 0.3) is 0 Å². The minimum absolute atomic E-state index is 1.25. The van der Waals surface area contributed by atoms with Gasteiger partial charge >= 0.3 is 0 Å². The topological polar surface area (TPSA) is 75.6 Å². The van der Waals surface area contributed by atoms with Crippen LogP contribution in [0.1, 0.15) is 0 Å². The molecule has 0 atom stereocenters. The molecule has 0 unspecified atom stereocenters. The number of aromatic nitrogens is 2. The second kappa shape index (κ2) is 5.85. The zero-order valence-corrected chi connectivity index (χ0v) is 4.80. The highest BCUT2D eigenvalue weighted by Crippen LogP contribution is 1.80. The zero-order chi connectivity index (χ0) is 6.24. The van der Waals surface area contributed by atoms with E-state index in [2.05, 4.69) is 15.9 Å². The first-order valence-electron chi connectivity index (χ1n) is 1.70. The van der Waals surface area contributed by atoms with Gasteiger partial charge in [-0.15, -0.1) is 21.5 Å². The number of nitrogens with two attached hydrogens (primary N) is 1. The van der Waals surface area contributed by atoms with Crippen molar-refractivity contribution in [1.82, 2.24) is 10.2 Å². The van der Waals surface area contributed by atoms with Crippen LogP contribution in [0.25, 0.3) is 0 Å². The first-order valence-corrected chi connectivity index (χ1v) is 2.64. The van der Waals surface area contributed by atoms with Crippen LogP contribution in [0, 0.1) is 11.5 Å². The molecule has 1 aromatic heterocycles. The van der Waals surface area contributed by atoms with E-state index < -0.39 is 0 Å². The van der Waals surface area contributed by atoms with Crippen LogP contribution in [0.4, 0.5) is 0 Å². The van der Waals surface area contributed by atoms with Crippen molar-refractivity contribution < 1.29 is 0 Å². The molecule has 8 heavy (non-hydrogen) atoms. The summed E-state index contributed by atoms with van der Waals surface area (Å²) >= 11 is 1.49. The summed E-state index contributed by atoms with van der Waals surface area (Å²) in [7, 11) is 0. The number of nitrogens with zero attached hydrogens (tertiary/aromatic N) is 3. The van der Waals surface area contributed by atoms with Crippen LogP contribution in [0.2, 0.25) is 0 Å². The van der Waals surface area contributed by atoms with Gasteiger partial charge in [0, 0.05) is 0 Å². The van der Waals surface area contributed by atoms with Crippen LogP contribution < -0.4 is 5.73 Å². The van der Waals surface area contributed by atoms with Crippen molar-refractivity contribution in [1.29, 1.82) is 5.26 Å². The van der Waals surface area contributed by atoms with Crippen molar-refractivity contribution in [2.24, 2.45) is 5.73 Å². The molecular weight excluding hydrogens is 124 g/mol. The summed E-state index contributed by atoms with van der Waals surface area (Å²) < 4.78 is 0. The third-order valence-corrected chi connectivity index (χ3v) is 0.715. The van der Waals surface area contributed by atoms with Gasteiger partial charge in [-0.05, 0) is 0 Å². The van der Waals surface area contributed by atoms with Gasteiger partial charge in [0.1, 0.15) is 11.0 Å². The SMILES string of the molecule is N#CN.c1nncs1. The Balaban J connectivity index is 0.000000145. The van der Waals surface area contributed by atoms with E-state index in [1.165, 1.54) is 17.5 Å². The summed E-state index contributed by atoms with van der Waals surface area (Å²) in [6, 6.07) is 0. The second-order valence-corrected chi connectivity index (χ2v) is 1.40. The Hall–Kier alpha value is -1.15. The van der Waals surface area contributed by atoms with E-state index in [0.717, 1.165) is 0 Å². The molecule has 4 nitrogen and oxygen atoms in total. The molecule has 1 aromatic rings. The third-order valence-electron chi connectivity index (χ3n) is 0.283. The molecule has 0 amide bonds. The van der Waals surface area contributed by atoms with Crippen LogP contribution in [0.3, 0.4) is 0 Å². The lowest BCUT2D eigenvalue weighted by Gasteiger charge is -1.41. The average molecular weight is 128 g/mol. The lowest BCUT2D eigenvalue weighted by molar-refractivity contribution is 1.09. The Morgan fingerprint density at radius 2 is 1.88 bits per heavy atom. The Bertz CT molecular complexity index is 124. The molecule has 5 heteroatoms. The molecule has 0 saturated carbocycles. The van der Waals surface area contributed by atoms with Crippen molar-refractivity contribution >= 4 is 11.3 Å². The van der Waals surface area contributed by atoms with Gasteiger partial charge in [-0.25, -0.2) is 0 Å². The maximum atomic E-state index is 7.10. The Kier molecular flexibility index (Phi) is 5.01.